The molecule has 0 amide bonds. The number of hydrogen-bond donors (Lipinski definition) is 0. The number of hydrogen-bond acceptors (Lipinski definition) is 3. The summed E-state index contributed by atoms with van der Waals surface area (Å²) in [6.45, 7) is 0. The van der Waals surface area contributed by atoms with Gasteiger partial charge in [-0.3, -0.25) is 0 Å². The maximum absolute atomic E-state index is 10.7. The molecule has 0 unspecified atom stereocenters. The van der Waals surface area contributed by atoms with E-state index in [1.807, 2.05) is 0 Å². The third-order valence-corrected chi connectivity index (χ3v) is 4.38. The van der Waals surface area contributed by atoms with Crippen molar-refractivity contribution in [2.75, 3.05) is 0 Å². The zero-order chi connectivity index (χ0) is 19.0. The van der Waals surface area contributed by atoms with Crippen LogP contribution in [0, 0.1) is 0 Å². The van der Waals surface area contributed by atoms with Crippen LogP contribution < -0.4 is 0 Å². The minimum absolute atomic E-state index is 0. The van der Waals surface area contributed by atoms with E-state index in [4.69, 9.17) is 35.9 Å². The molecule has 2 aliphatic rings. The summed E-state index contributed by atoms with van der Waals surface area (Å²) in [4.78, 5) is 0. The Morgan fingerprint density at radius 1 is 0.704 bits per heavy atom. The Balaban J connectivity index is -0.000000139. The molecule has 27 heavy (non-hydrogen) atoms. The van der Waals surface area contributed by atoms with Gasteiger partial charge < -0.3 is 38.4 Å². The molecule has 2 rings (SSSR count). The van der Waals surface area contributed by atoms with Gasteiger partial charge in [-0.05, 0) is 0 Å². The smallest absolute Gasteiger partial charge is 0.741 e. The van der Waals surface area contributed by atoms with Gasteiger partial charge in [-0.25, -0.2) is 8.42 Å². The first kappa shape index (κ1) is 34.5. The monoisotopic (exact) mass is 472 g/mol. The summed E-state index contributed by atoms with van der Waals surface area (Å²) in [5.74, 6) is 0. The molecule has 2 saturated carbocycles. The van der Waals surface area contributed by atoms with E-state index in [-0.39, 0.29) is 52.2 Å². The van der Waals surface area contributed by atoms with Crippen molar-refractivity contribution in [3.05, 3.63) is 22.9 Å². The first-order chi connectivity index (χ1) is 10.9. The number of alkyl halides is 3. The van der Waals surface area contributed by atoms with Crippen LogP contribution in [0.4, 0.5) is 13.2 Å². The van der Waals surface area contributed by atoms with Gasteiger partial charge >= 0.3 is 22.6 Å². The second kappa shape index (κ2) is 15.9. The second-order valence-corrected chi connectivity index (χ2v) is 7.27. The summed E-state index contributed by atoms with van der Waals surface area (Å²) in [5.41, 5.74) is 23.5. The summed E-state index contributed by atoms with van der Waals surface area (Å²) in [7, 11) is -6.09. The standard InChI is InChI=1S/2C6H12N2.CHF3O3S.Cu.2H2O/c2*7-5-3-1-2-4-6(5)8;2-1(3,4)8(5,6)7;;;/h2*5-8H,1-4H2;(H,5,6,7);;2*1H2/q2*-2;;+2;;/p-1/t2*5-,6-;;;;/m11..../s1. The van der Waals surface area contributed by atoms with Gasteiger partial charge in [-0.2, -0.15) is 37.3 Å². The van der Waals surface area contributed by atoms with Crippen LogP contribution in [0.5, 0.6) is 0 Å². The SMILES string of the molecule is O.O.O=S(=O)([O-])C(F)(F)F.[Cu+2].[NH-][C@@H]1CCCC[C@H]1[NH-].[NH-][C@@H]1CCCC[C@H]1[NH-]. The van der Waals surface area contributed by atoms with Crippen molar-refractivity contribution in [1.29, 1.82) is 0 Å². The third kappa shape index (κ3) is 15.6. The van der Waals surface area contributed by atoms with Crippen molar-refractivity contribution in [1.82, 2.24) is 0 Å². The van der Waals surface area contributed by atoms with Crippen LogP contribution in [0.25, 0.3) is 22.9 Å². The number of nitrogens with one attached hydrogen (secondary N) is 4. The second-order valence-electron chi connectivity index (χ2n) is 5.89. The first-order valence-corrected chi connectivity index (χ1v) is 9.13. The predicted molar refractivity (Wildman–Crippen MR) is 92.4 cm³/mol. The fraction of sp³-hybridized carbons (Fsp3) is 1.00. The Kier molecular flexibility index (Phi) is 20.2. The van der Waals surface area contributed by atoms with Gasteiger partial charge in [0.05, 0.1) is 0 Å². The molecule has 0 aromatic carbocycles. The normalized spacial score (nSPS) is 27.7. The van der Waals surface area contributed by atoms with E-state index >= 15 is 0 Å². The van der Waals surface area contributed by atoms with Gasteiger partial charge in [0.2, 0.25) is 0 Å². The maximum atomic E-state index is 10.7. The minimum Gasteiger partial charge on any atom is -0.741 e. The molecule has 0 aromatic rings. The Morgan fingerprint density at radius 2 is 0.852 bits per heavy atom. The summed E-state index contributed by atoms with van der Waals surface area (Å²) in [6.07, 6.45) is 8.49. The Hall–Kier alpha value is -0.0205. The average Bonchev–Trinajstić information content (AvgIpc) is 2.45. The Bertz CT molecular complexity index is 420. The van der Waals surface area contributed by atoms with E-state index in [2.05, 4.69) is 0 Å². The molecule has 2 aliphatic carbocycles. The van der Waals surface area contributed by atoms with Crippen molar-refractivity contribution in [2.45, 2.75) is 81.0 Å². The molecule has 171 valence electrons. The van der Waals surface area contributed by atoms with Gasteiger partial charge in [0.25, 0.3) is 0 Å². The van der Waals surface area contributed by atoms with E-state index in [1.54, 1.807) is 0 Å². The largest absolute Gasteiger partial charge is 2.00 e. The molecule has 0 aliphatic heterocycles. The average molecular weight is 473 g/mol. The van der Waals surface area contributed by atoms with E-state index in [0.29, 0.717) is 0 Å². The molecule has 0 saturated heterocycles. The van der Waals surface area contributed by atoms with Crippen LogP contribution in [0.15, 0.2) is 0 Å². The molecular weight excluding hydrogens is 445 g/mol. The van der Waals surface area contributed by atoms with E-state index in [0.717, 1.165) is 25.7 Å². The van der Waals surface area contributed by atoms with Gasteiger partial charge in [-0.1, -0.05) is 51.4 Å². The molecule has 0 aromatic heterocycles. The number of rotatable bonds is 0. The summed E-state index contributed by atoms with van der Waals surface area (Å²) < 4.78 is 58.9. The van der Waals surface area contributed by atoms with Crippen molar-refractivity contribution in [3.63, 3.8) is 0 Å². The van der Waals surface area contributed by atoms with Crippen LogP contribution in [0.2, 0.25) is 0 Å². The molecule has 1 radical (unpaired) electrons. The molecule has 14 heteroatoms. The molecule has 4 atom stereocenters. The van der Waals surface area contributed by atoms with Crippen molar-refractivity contribution < 1.29 is 54.2 Å². The van der Waals surface area contributed by atoms with Crippen LogP contribution in [0.3, 0.4) is 0 Å². The first-order valence-electron chi connectivity index (χ1n) is 7.73. The molecule has 0 bridgehead atoms. The number of halogens is 3. The Morgan fingerprint density at radius 3 is 0.926 bits per heavy atom. The summed E-state index contributed by atoms with van der Waals surface area (Å²) >= 11 is 0. The summed E-state index contributed by atoms with van der Waals surface area (Å²) in [6, 6.07) is -0.319. The van der Waals surface area contributed by atoms with Crippen molar-refractivity contribution in [3.8, 4) is 0 Å². The Labute approximate surface area is 168 Å². The topological polar surface area (TPSA) is 215 Å². The quantitative estimate of drug-likeness (QED) is 0.294. The molecule has 0 heterocycles. The van der Waals surface area contributed by atoms with E-state index < -0.39 is 15.6 Å². The van der Waals surface area contributed by atoms with Gasteiger partial charge in [0.15, 0.2) is 10.1 Å². The van der Waals surface area contributed by atoms with Gasteiger partial charge in [0.1, 0.15) is 0 Å². The third-order valence-electron chi connectivity index (χ3n) is 3.82. The predicted octanol–water partition coefficient (Wildman–Crippen LogP) is 3.20. The fourth-order valence-electron chi connectivity index (χ4n) is 2.26. The van der Waals surface area contributed by atoms with Gasteiger partial charge in [0, 0.05) is 0 Å². The molecule has 9 nitrogen and oxygen atoms in total. The van der Waals surface area contributed by atoms with Crippen LogP contribution in [-0.2, 0) is 27.2 Å². The van der Waals surface area contributed by atoms with Crippen molar-refractivity contribution >= 4 is 10.1 Å². The molecule has 0 spiro atoms. The minimum atomic E-state index is -6.09. The van der Waals surface area contributed by atoms with E-state index in [9.17, 15) is 13.2 Å². The van der Waals surface area contributed by atoms with Crippen LogP contribution in [0.1, 0.15) is 51.4 Å². The summed E-state index contributed by atoms with van der Waals surface area (Å²) in [5, 5.41) is 0. The fourth-order valence-corrected chi connectivity index (χ4v) is 2.26. The van der Waals surface area contributed by atoms with Crippen molar-refractivity contribution in [2.24, 2.45) is 0 Å². The molecule has 8 N–H and O–H groups in total. The zero-order valence-corrected chi connectivity index (χ0v) is 16.3. The molecular formula is C13H28CuF3N4O5S-3. The molecule has 2 fully saturated rings. The maximum Gasteiger partial charge on any atom is 2.00 e. The van der Waals surface area contributed by atoms with Crippen LogP contribution >= 0.6 is 0 Å². The van der Waals surface area contributed by atoms with E-state index in [1.165, 1.54) is 25.7 Å². The zero-order valence-electron chi connectivity index (χ0n) is 14.5. The van der Waals surface area contributed by atoms with Gasteiger partial charge in [-0.15, -0.1) is 0 Å². The van der Waals surface area contributed by atoms with Crippen LogP contribution in [-0.4, -0.2) is 53.6 Å².